The molecule has 0 atom stereocenters. The van der Waals surface area contributed by atoms with Gasteiger partial charge in [0.25, 0.3) is 0 Å². The first-order valence-electron chi connectivity index (χ1n) is 8.05. The molecule has 4 heteroatoms. The zero-order valence-corrected chi connectivity index (χ0v) is 14.1. The summed E-state index contributed by atoms with van der Waals surface area (Å²) in [4.78, 5) is 11.0. The molecule has 0 aliphatic rings. The van der Waals surface area contributed by atoms with Crippen molar-refractivity contribution >= 4 is 17.7 Å². The normalized spacial score (nSPS) is 11.3. The van der Waals surface area contributed by atoms with E-state index in [0.29, 0.717) is 12.3 Å². The van der Waals surface area contributed by atoms with Crippen molar-refractivity contribution in [1.29, 1.82) is 0 Å². The van der Waals surface area contributed by atoms with Crippen molar-refractivity contribution in [2.24, 2.45) is 0 Å². The third kappa shape index (κ3) is 4.62. The van der Waals surface area contributed by atoms with Gasteiger partial charge in [-0.3, -0.25) is 0 Å². The van der Waals surface area contributed by atoms with Crippen LogP contribution < -0.4 is 10.5 Å². The third-order valence-electron chi connectivity index (χ3n) is 3.68. The predicted octanol–water partition coefficient (Wildman–Crippen LogP) is 4.60. The Morgan fingerprint density at radius 3 is 2.71 bits per heavy atom. The van der Waals surface area contributed by atoms with E-state index in [0.717, 1.165) is 35.3 Å². The molecule has 0 aliphatic carbocycles. The number of aliphatic carboxylic acids is 1. The van der Waals surface area contributed by atoms with Gasteiger partial charge in [0, 0.05) is 16.8 Å². The maximum atomic E-state index is 11.0. The van der Waals surface area contributed by atoms with Crippen LogP contribution in [0.3, 0.4) is 0 Å². The first-order valence-corrected chi connectivity index (χ1v) is 8.05. The van der Waals surface area contributed by atoms with Gasteiger partial charge in [-0.1, -0.05) is 37.6 Å². The number of rotatable bonds is 7. The largest absolute Gasteiger partial charge is 0.493 e. The molecule has 0 heterocycles. The molecular weight excluding hydrogens is 302 g/mol. The molecule has 0 spiro atoms. The van der Waals surface area contributed by atoms with E-state index in [9.17, 15) is 4.79 Å². The lowest BCUT2D eigenvalue weighted by Crippen LogP contribution is -1.99. The zero-order chi connectivity index (χ0) is 17.5. The number of benzene rings is 2. The molecule has 2 rings (SSSR count). The van der Waals surface area contributed by atoms with Crippen LogP contribution in [0.1, 0.15) is 32.3 Å². The van der Waals surface area contributed by atoms with E-state index < -0.39 is 5.97 Å². The molecule has 0 bridgehead atoms. The summed E-state index contributed by atoms with van der Waals surface area (Å²) in [6.07, 6.45) is 3.65. The van der Waals surface area contributed by atoms with Gasteiger partial charge in [-0.25, -0.2) is 4.79 Å². The molecular formula is C20H23NO3. The molecule has 2 aromatic carbocycles. The number of carboxylic acids is 1. The van der Waals surface area contributed by atoms with E-state index in [2.05, 4.69) is 6.92 Å². The molecule has 0 unspecified atom stereocenters. The van der Waals surface area contributed by atoms with Gasteiger partial charge >= 0.3 is 5.97 Å². The minimum atomic E-state index is -0.927. The van der Waals surface area contributed by atoms with Crippen molar-refractivity contribution in [3.8, 4) is 16.9 Å². The van der Waals surface area contributed by atoms with Crippen molar-refractivity contribution in [1.82, 2.24) is 0 Å². The third-order valence-corrected chi connectivity index (χ3v) is 3.68. The summed E-state index contributed by atoms with van der Waals surface area (Å²) in [5, 5.41) is 9.04. The predicted molar refractivity (Wildman–Crippen MR) is 98.0 cm³/mol. The number of nitrogens with two attached hydrogens (primary N) is 1. The number of hydrogen-bond acceptors (Lipinski definition) is 3. The van der Waals surface area contributed by atoms with E-state index in [4.69, 9.17) is 15.6 Å². The van der Waals surface area contributed by atoms with Gasteiger partial charge in [0.1, 0.15) is 5.75 Å². The summed E-state index contributed by atoms with van der Waals surface area (Å²) in [7, 11) is 0. The van der Waals surface area contributed by atoms with E-state index in [1.807, 2.05) is 42.5 Å². The molecule has 0 aliphatic heterocycles. The highest BCUT2D eigenvalue weighted by molar-refractivity contribution is 5.91. The van der Waals surface area contributed by atoms with Gasteiger partial charge in [0.05, 0.1) is 6.61 Å². The molecule has 4 nitrogen and oxygen atoms in total. The van der Waals surface area contributed by atoms with E-state index >= 15 is 0 Å². The van der Waals surface area contributed by atoms with Crippen LogP contribution in [0.2, 0.25) is 0 Å². The molecule has 24 heavy (non-hydrogen) atoms. The van der Waals surface area contributed by atoms with Crippen LogP contribution in [0.25, 0.3) is 17.2 Å². The average Bonchev–Trinajstić information content (AvgIpc) is 2.55. The maximum Gasteiger partial charge on any atom is 0.331 e. The number of nitrogen functional groups attached to an aromatic ring is 1. The van der Waals surface area contributed by atoms with Crippen LogP contribution in [-0.4, -0.2) is 17.7 Å². The summed E-state index contributed by atoms with van der Waals surface area (Å²) in [5.74, 6) is -0.190. The second-order valence-corrected chi connectivity index (χ2v) is 5.72. The highest BCUT2D eigenvalue weighted by atomic mass is 16.5. The van der Waals surface area contributed by atoms with Crippen molar-refractivity contribution in [3.63, 3.8) is 0 Å². The Bertz CT molecular complexity index is 750. The first kappa shape index (κ1) is 17.6. The molecule has 126 valence electrons. The Kier molecular flexibility index (Phi) is 6.01. The fourth-order valence-electron chi connectivity index (χ4n) is 2.33. The average molecular weight is 325 g/mol. The molecule has 0 aromatic heterocycles. The molecule has 0 radical (unpaired) electrons. The molecule has 0 fully saturated rings. The molecule has 3 N–H and O–H groups in total. The van der Waals surface area contributed by atoms with Crippen molar-refractivity contribution in [2.75, 3.05) is 12.3 Å². The van der Waals surface area contributed by atoms with Gasteiger partial charge in [-0.05, 0) is 48.7 Å². The quantitative estimate of drug-likeness (QED) is 0.443. The summed E-state index contributed by atoms with van der Waals surface area (Å²) >= 11 is 0. The lowest BCUT2D eigenvalue weighted by Gasteiger charge is -2.13. The molecule has 2 aromatic rings. The summed E-state index contributed by atoms with van der Waals surface area (Å²) in [6, 6.07) is 13.3. The van der Waals surface area contributed by atoms with Crippen LogP contribution in [0, 0.1) is 0 Å². The van der Waals surface area contributed by atoms with Gasteiger partial charge in [0.2, 0.25) is 0 Å². The topological polar surface area (TPSA) is 72.5 Å². The molecule has 0 saturated carbocycles. The Balaban J connectivity index is 2.42. The standard InChI is InChI=1S/C20H23NO3/c1-3-4-10-24-19-12-15(11-14(2)20(22)23)8-9-18(19)16-6-5-7-17(21)13-16/h5-9,11-13H,3-4,10,21H2,1-2H3,(H,22,23)/b14-11-. The monoisotopic (exact) mass is 325 g/mol. The van der Waals surface area contributed by atoms with Gasteiger partial charge < -0.3 is 15.6 Å². The SMILES string of the molecule is CCCCOc1cc(/C=C(/C)C(=O)O)ccc1-c1cccc(N)c1. The first-order chi connectivity index (χ1) is 11.5. The number of unbranched alkanes of at least 4 members (excludes halogenated alkanes) is 1. The van der Waals surface area contributed by atoms with E-state index in [1.54, 1.807) is 13.0 Å². The minimum absolute atomic E-state index is 0.284. The van der Waals surface area contributed by atoms with Gasteiger partial charge in [0.15, 0.2) is 0 Å². The van der Waals surface area contributed by atoms with Crippen molar-refractivity contribution in [3.05, 3.63) is 53.6 Å². The van der Waals surface area contributed by atoms with Crippen LogP contribution >= 0.6 is 0 Å². The lowest BCUT2D eigenvalue weighted by molar-refractivity contribution is -0.132. The fourth-order valence-corrected chi connectivity index (χ4v) is 2.33. The van der Waals surface area contributed by atoms with Crippen LogP contribution in [0.5, 0.6) is 5.75 Å². The highest BCUT2D eigenvalue weighted by Crippen LogP contribution is 2.32. The van der Waals surface area contributed by atoms with Gasteiger partial charge in [-0.15, -0.1) is 0 Å². The van der Waals surface area contributed by atoms with Crippen molar-refractivity contribution < 1.29 is 14.6 Å². The Hall–Kier alpha value is -2.75. The fraction of sp³-hybridized carbons (Fsp3) is 0.250. The van der Waals surface area contributed by atoms with E-state index in [-0.39, 0.29) is 5.57 Å². The van der Waals surface area contributed by atoms with Gasteiger partial charge in [-0.2, -0.15) is 0 Å². The zero-order valence-electron chi connectivity index (χ0n) is 14.1. The molecule has 0 amide bonds. The second-order valence-electron chi connectivity index (χ2n) is 5.72. The summed E-state index contributed by atoms with van der Waals surface area (Å²) < 4.78 is 5.94. The summed E-state index contributed by atoms with van der Waals surface area (Å²) in [5.41, 5.74) is 9.58. The van der Waals surface area contributed by atoms with Crippen LogP contribution in [0.4, 0.5) is 5.69 Å². The Morgan fingerprint density at radius 2 is 2.04 bits per heavy atom. The minimum Gasteiger partial charge on any atom is -0.493 e. The number of anilines is 1. The van der Waals surface area contributed by atoms with Crippen molar-refractivity contribution in [2.45, 2.75) is 26.7 Å². The maximum absolute atomic E-state index is 11.0. The second kappa shape index (κ2) is 8.20. The number of ether oxygens (including phenoxy) is 1. The lowest BCUT2D eigenvalue weighted by atomic mass is 10.0. The Morgan fingerprint density at radius 1 is 1.25 bits per heavy atom. The summed E-state index contributed by atoms with van der Waals surface area (Å²) in [6.45, 7) is 4.31. The number of hydrogen-bond donors (Lipinski definition) is 2. The van der Waals surface area contributed by atoms with Crippen LogP contribution in [0.15, 0.2) is 48.0 Å². The highest BCUT2D eigenvalue weighted by Gasteiger charge is 2.09. The number of carbonyl (C=O) groups is 1. The van der Waals surface area contributed by atoms with Crippen LogP contribution in [-0.2, 0) is 4.79 Å². The van der Waals surface area contributed by atoms with E-state index in [1.165, 1.54) is 0 Å². The smallest absolute Gasteiger partial charge is 0.331 e. The Labute approximate surface area is 142 Å². The number of carboxylic acid groups (broad SMARTS) is 1. The molecule has 0 saturated heterocycles.